The molecule has 0 atom stereocenters. The van der Waals surface area contributed by atoms with E-state index in [4.69, 9.17) is 0 Å². The van der Waals surface area contributed by atoms with E-state index in [0.29, 0.717) is 0 Å². The Morgan fingerprint density at radius 1 is 1.14 bits per heavy atom. The number of carbonyl (C=O) groups excluding carboxylic acids is 1. The molecule has 2 rings (SSSR count). The van der Waals surface area contributed by atoms with Gasteiger partial charge in [0.2, 0.25) is 19.7 Å². The molecule has 0 aliphatic carbocycles. The largest absolute Gasteiger partial charge is 0.455 e. The molecule has 1 aliphatic rings. The van der Waals surface area contributed by atoms with E-state index in [1.54, 1.807) is 0 Å². The lowest BCUT2D eigenvalue weighted by Crippen LogP contribution is -2.31. The Morgan fingerprint density at radius 2 is 1.75 bits per heavy atom. The van der Waals surface area contributed by atoms with Gasteiger partial charge in [0.1, 0.15) is 9.93 Å². The molecule has 0 bridgehead atoms. The standard InChI is InChI=1S/C16H15F3N2O5S2/c1-10-8-11(9-13(21(2)3)27(10,23)24)14(15(22)16(17,18)19)28(25,26)12-6-4-5-7-20-12/h4-9H,1-3H3. The van der Waals surface area contributed by atoms with E-state index in [1.165, 1.54) is 26.2 Å². The lowest BCUT2D eigenvalue weighted by molar-refractivity contribution is -0.165. The monoisotopic (exact) mass is 436 g/mol. The van der Waals surface area contributed by atoms with Crippen molar-refractivity contribution in [1.29, 1.82) is 0 Å². The number of nitrogens with zero attached hydrogens (tertiary/aromatic N) is 2. The zero-order chi connectivity index (χ0) is 21.5. The number of pyridine rings is 1. The number of allylic oxidation sites excluding steroid dienone is 5. The van der Waals surface area contributed by atoms with E-state index < -0.39 is 57.1 Å². The molecule has 0 saturated heterocycles. The number of halogens is 3. The molecule has 0 saturated carbocycles. The van der Waals surface area contributed by atoms with Gasteiger partial charge in [-0.3, -0.25) is 4.79 Å². The minimum atomic E-state index is -5.51. The highest BCUT2D eigenvalue weighted by atomic mass is 32.2. The number of carbonyl (C=O) groups is 1. The average Bonchev–Trinajstić information content (AvgIpc) is 2.57. The van der Waals surface area contributed by atoms with Gasteiger partial charge in [-0.05, 0) is 31.2 Å². The highest BCUT2D eigenvalue weighted by molar-refractivity contribution is 7.99. The van der Waals surface area contributed by atoms with E-state index in [9.17, 15) is 34.8 Å². The highest BCUT2D eigenvalue weighted by Crippen LogP contribution is 2.35. The normalized spacial score (nSPS) is 18.8. The molecule has 152 valence electrons. The summed E-state index contributed by atoms with van der Waals surface area (Å²) in [4.78, 5) is 14.6. The molecule has 0 N–H and O–H groups in total. The fourth-order valence-electron chi connectivity index (χ4n) is 2.36. The molecule has 1 aliphatic heterocycles. The van der Waals surface area contributed by atoms with E-state index in [2.05, 4.69) is 4.98 Å². The summed E-state index contributed by atoms with van der Waals surface area (Å²) in [5.41, 5.74) is -0.691. The molecule has 12 heteroatoms. The van der Waals surface area contributed by atoms with Gasteiger partial charge >= 0.3 is 6.18 Å². The van der Waals surface area contributed by atoms with Crippen LogP contribution in [-0.2, 0) is 24.5 Å². The first kappa shape index (κ1) is 21.8. The van der Waals surface area contributed by atoms with Crippen LogP contribution in [0.3, 0.4) is 0 Å². The van der Waals surface area contributed by atoms with Crippen molar-refractivity contribution in [1.82, 2.24) is 9.88 Å². The maximum absolute atomic E-state index is 13.2. The van der Waals surface area contributed by atoms with Crippen molar-refractivity contribution in [2.24, 2.45) is 0 Å². The number of hydrogen-bond donors (Lipinski definition) is 0. The number of aromatic nitrogens is 1. The zero-order valence-electron chi connectivity index (χ0n) is 14.9. The molecule has 0 spiro atoms. The van der Waals surface area contributed by atoms with Crippen LogP contribution in [0.2, 0.25) is 0 Å². The molecule has 1 aromatic heterocycles. The minimum Gasteiger partial charge on any atom is -0.368 e. The predicted molar refractivity (Wildman–Crippen MR) is 94.0 cm³/mol. The summed E-state index contributed by atoms with van der Waals surface area (Å²) in [6.07, 6.45) is -3.02. The minimum absolute atomic E-state index is 0.405. The third-order valence-corrected chi connectivity index (χ3v) is 7.44. The molecule has 0 radical (unpaired) electrons. The van der Waals surface area contributed by atoms with Crippen LogP contribution in [0.1, 0.15) is 6.92 Å². The van der Waals surface area contributed by atoms with Crippen molar-refractivity contribution in [2.45, 2.75) is 18.1 Å². The van der Waals surface area contributed by atoms with E-state index >= 15 is 0 Å². The molecule has 28 heavy (non-hydrogen) atoms. The number of ketones is 1. The van der Waals surface area contributed by atoms with Crippen LogP contribution in [0.4, 0.5) is 13.2 Å². The Bertz CT molecular complexity index is 1110. The van der Waals surface area contributed by atoms with Crippen LogP contribution in [0.15, 0.2) is 62.0 Å². The van der Waals surface area contributed by atoms with Crippen LogP contribution >= 0.6 is 0 Å². The first-order valence-electron chi connectivity index (χ1n) is 7.55. The quantitative estimate of drug-likeness (QED) is 0.665. The number of hydrogen-bond acceptors (Lipinski definition) is 7. The van der Waals surface area contributed by atoms with Crippen molar-refractivity contribution in [3.63, 3.8) is 0 Å². The van der Waals surface area contributed by atoms with E-state index in [1.807, 2.05) is 0 Å². The van der Waals surface area contributed by atoms with Crippen LogP contribution in [-0.4, -0.2) is 52.8 Å². The second-order valence-electron chi connectivity index (χ2n) is 5.92. The molecule has 0 fully saturated rings. The lowest BCUT2D eigenvalue weighted by Gasteiger charge is -2.22. The van der Waals surface area contributed by atoms with Crippen molar-refractivity contribution in [2.75, 3.05) is 14.1 Å². The Labute approximate surface area is 159 Å². The van der Waals surface area contributed by atoms with E-state index in [0.717, 1.165) is 36.2 Å². The van der Waals surface area contributed by atoms with Gasteiger partial charge in [-0.15, -0.1) is 0 Å². The van der Waals surface area contributed by atoms with Crippen molar-refractivity contribution < 1.29 is 34.8 Å². The second kappa shape index (κ2) is 7.17. The van der Waals surface area contributed by atoms with Crippen LogP contribution < -0.4 is 0 Å². The Morgan fingerprint density at radius 3 is 2.21 bits per heavy atom. The smallest absolute Gasteiger partial charge is 0.368 e. The Balaban J connectivity index is 2.95. The molecule has 2 heterocycles. The summed E-state index contributed by atoms with van der Waals surface area (Å²) in [7, 11) is -6.39. The summed E-state index contributed by atoms with van der Waals surface area (Å²) >= 11 is 0. The van der Waals surface area contributed by atoms with Gasteiger partial charge in [0, 0.05) is 30.8 Å². The summed E-state index contributed by atoms with van der Waals surface area (Å²) in [5, 5.41) is -1.22. The zero-order valence-corrected chi connectivity index (χ0v) is 16.5. The fourth-order valence-corrected chi connectivity index (χ4v) is 5.19. The molecule has 1 aromatic rings. The summed E-state index contributed by atoms with van der Waals surface area (Å²) < 4.78 is 89.8. The van der Waals surface area contributed by atoms with Crippen molar-refractivity contribution in [3.05, 3.63) is 57.0 Å². The predicted octanol–water partition coefficient (Wildman–Crippen LogP) is 1.98. The van der Waals surface area contributed by atoms with Crippen molar-refractivity contribution >= 4 is 25.5 Å². The first-order chi connectivity index (χ1) is 12.7. The van der Waals surface area contributed by atoms with Gasteiger partial charge in [0.05, 0.1) is 0 Å². The fraction of sp³-hybridized carbons (Fsp3) is 0.250. The SMILES string of the molecule is CC1=CC(=C(C(=O)C(F)(F)F)S(=O)(=O)c2ccccn2)C=C(N(C)C)S1(=O)=O. The number of sulfone groups is 2. The summed E-state index contributed by atoms with van der Waals surface area (Å²) in [6.45, 7) is 1.09. The van der Waals surface area contributed by atoms with E-state index in [-0.39, 0.29) is 0 Å². The molecular formula is C16H15F3N2O5S2. The molecule has 0 amide bonds. The first-order valence-corrected chi connectivity index (χ1v) is 10.5. The van der Waals surface area contributed by atoms with Crippen LogP contribution in [0, 0.1) is 0 Å². The van der Waals surface area contributed by atoms with Gasteiger partial charge in [-0.1, -0.05) is 6.07 Å². The second-order valence-corrected chi connectivity index (χ2v) is 9.82. The summed E-state index contributed by atoms with van der Waals surface area (Å²) in [5.74, 6) is -2.62. The lowest BCUT2D eigenvalue weighted by atomic mass is 10.1. The summed E-state index contributed by atoms with van der Waals surface area (Å²) in [6, 6.07) is 3.51. The number of Topliss-reactive ketones (excluding diaryl/α,β-unsaturated/α-hetero) is 1. The molecule has 7 nitrogen and oxygen atoms in total. The third kappa shape index (κ3) is 3.87. The van der Waals surface area contributed by atoms with Crippen LogP contribution in [0.25, 0.3) is 0 Å². The Hall–Kier alpha value is -2.47. The number of rotatable bonds is 4. The Kier molecular flexibility index (Phi) is 5.59. The molecule has 0 aromatic carbocycles. The maximum atomic E-state index is 13.2. The van der Waals surface area contributed by atoms with Gasteiger partial charge in [-0.2, -0.15) is 13.2 Å². The number of alkyl halides is 3. The average molecular weight is 436 g/mol. The third-order valence-electron chi connectivity index (χ3n) is 3.69. The van der Waals surface area contributed by atoms with Gasteiger partial charge in [-0.25, -0.2) is 21.8 Å². The highest BCUT2D eigenvalue weighted by Gasteiger charge is 2.47. The van der Waals surface area contributed by atoms with Gasteiger partial charge < -0.3 is 4.90 Å². The maximum Gasteiger partial charge on any atom is 0.455 e. The van der Waals surface area contributed by atoms with Gasteiger partial charge in [0.25, 0.3) is 5.78 Å². The van der Waals surface area contributed by atoms with Crippen LogP contribution in [0.5, 0.6) is 0 Å². The topological polar surface area (TPSA) is 101 Å². The van der Waals surface area contributed by atoms with Crippen molar-refractivity contribution in [3.8, 4) is 0 Å². The molecule has 0 unspecified atom stereocenters. The molecular weight excluding hydrogens is 421 g/mol. The van der Waals surface area contributed by atoms with Gasteiger partial charge in [0.15, 0.2) is 5.03 Å².